The highest BCUT2D eigenvalue weighted by Crippen LogP contribution is 2.33. The molecule has 20 heavy (non-hydrogen) atoms. The molecular weight excluding hydrogens is 244 g/mol. The zero-order valence-electron chi connectivity index (χ0n) is 10.9. The molecule has 0 unspecified atom stereocenters. The summed E-state index contributed by atoms with van der Waals surface area (Å²) in [4.78, 5) is 9.61. The van der Waals surface area contributed by atoms with Gasteiger partial charge >= 0.3 is 0 Å². The predicted octanol–water partition coefficient (Wildman–Crippen LogP) is 3.21. The third-order valence-corrected chi connectivity index (χ3v) is 4.27. The average Bonchev–Trinajstić information content (AvgIpc) is 3.04. The molecule has 0 aromatic heterocycles. The quantitative estimate of drug-likeness (QED) is 0.590. The van der Waals surface area contributed by atoms with E-state index in [2.05, 4.69) is 42.5 Å². The Morgan fingerprint density at radius 1 is 0.850 bits per heavy atom. The molecule has 5 rings (SSSR count). The van der Waals surface area contributed by atoms with Gasteiger partial charge in [0, 0.05) is 16.3 Å². The van der Waals surface area contributed by atoms with Crippen molar-refractivity contribution in [2.75, 3.05) is 0 Å². The summed E-state index contributed by atoms with van der Waals surface area (Å²) in [5, 5.41) is 2.38. The van der Waals surface area contributed by atoms with Crippen molar-refractivity contribution >= 4 is 22.7 Å². The predicted molar refractivity (Wildman–Crippen MR) is 81.2 cm³/mol. The summed E-state index contributed by atoms with van der Waals surface area (Å²) in [6.07, 6.45) is 6.53. The molecule has 94 valence electrons. The molecule has 0 amide bonds. The lowest BCUT2D eigenvalue weighted by molar-refractivity contribution is 1.07. The molecule has 0 saturated heterocycles. The van der Waals surface area contributed by atoms with Gasteiger partial charge in [-0.05, 0) is 42.7 Å². The summed E-state index contributed by atoms with van der Waals surface area (Å²) in [5.74, 6) is 0. The fourth-order valence-electron chi connectivity index (χ4n) is 3.36. The van der Waals surface area contributed by atoms with Crippen LogP contribution in [0.3, 0.4) is 0 Å². The number of allylic oxidation sites excluding steroid dienone is 2. The van der Waals surface area contributed by atoms with Crippen LogP contribution < -0.4 is 10.6 Å². The van der Waals surface area contributed by atoms with Gasteiger partial charge in [0.1, 0.15) is 0 Å². The first-order valence-electron chi connectivity index (χ1n) is 7.02. The standard InChI is InChI=1S/C18H12N2/c1-3-7-14-11(5-1)12-9-10-16-17(18(12)20-14)13-6-2-4-8-15(13)19-16/h1,3-5,7-10H,2,6H2. The molecule has 1 aliphatic carbocycles. The van der Waals surface area contributed by atoms with Crippen molar-refractivity contribution in [2.24, 2.45) is 9.98 Å². The topological polar surface area (TPSA) is 24.7 Å². The van der Waals surface area contributed by atoms with Gasteiger partial charge in [-0.3, -0.25) is 0 Å². The summed E-state index contributed by atoms with van der Waals surface area (Å²) < 4.78 is 0. The summed E-state index contributed by atoms with van der Waals surface area (Å²) in [5.41, 5.74) is 7.15. The van der Waals surface area contributed by atoms with Crippen LogP contribution in [0.5, 0.6) is 0 Å². The van der Waals surface area contributed by atoms with Crippen molar-refractivity contribution in [3.05, 3.63) is 59.1 Å². The van der Waals surface area contributed by atoms with Gasteiger partial charge in [0.2, 0.25) is 0 Å². The molecule has 0 atom stereocenters. The highest BCUT2D eigenvalue weighted by molar-refractivity contribution is 6.28. The van der Waals surface area contributed by atoms with E-state index in [0.29, 0.717) is 0 Å². The van der Waals surface area contributed by atoms with Crippen LogP contribution in [0.4, 0.5) is 11.4 Å². The van der Waals surface area contributed by atoms with Crippen LogP contribution in [-0.4, -0.2) is 5.71 Å². The smallest absolute Gasteiger partial charge is 0.0813 e. The van der Waals surface area contributed by atoms with Crippen molar-refractivity contribution in [3.63, 3.8) is 0 Å². The molecule has 0 bridgehead atoms. The maximum Gasteiger partial charge on any atom is 0.0813 e. The van der Waals surface area contributed by atoms with E-state index in [4.69, 9.17) is 9.98 Å². The van der Waals surface area contributed by atoms with Crippen LogP contribution in [0, 0.1) is 0 Å². The molecule has 2 aliphatic heterocycles. The van der Waals surface area contributed by atoms with Crippen molar-refractivity contribution in [1.82, 2.24) is 0 Å². The van der Waals surface area contributed by atoms with Gasteiger partial charge in [-0.2, -0.15) is 0 Å². The SMILES string of the molecule is C1=CC2=Nc3ccc4c(c3=C2CC1)=Nc1ccccc1-4. The Morgan fingerprint density at radius 2 is 1.80 bits per heavy atom. The van der Waals surface area contributed by atoms with E-state index in [0.717, 1.165) is 35.3 Å². The number of hydrogen-bond acceptors (Lipinski definition) is 2. The molecule has 0 spiro atoms. The van der Waals surface area contributed by atoms with Crippen LogP contribution in [0.15, 0.2) is 58.5 Å². The molecular formula is C18H12N2. The van der Waals surface area contributed by atoms with E-state index < -0.39 is 0 Å². The van der Waals surface area contributed by atoms with Crippen molar-refractivity contribution in [1.29, 1.82) is 0 Å². The molecule has 2 aromatic rings. The molecule has 0 N–H and O–H groups in total. The van der Waals surface area contributed by atoms with Gasteiger partial charge in [0.05, 0.1) is 22.4 Å². The Morgan fingerprint density at radius 3 is 2.80 bits per heavy atom. The van der Waals surface area contributed by atoms with Crippen molar-refractivity contribution in [2.45, 2.75) is 12.8 Å². The number of hydrogen-bond donors (Lipinski definition) is 0. The highest BCUT2D eigenvalue weighted by atomic mass is 14.8. The summed E-state index contributed by atoms with van der Waals surface area (Å²) >= 11 is 0. The highest BCUT2D eigenvalue weighted by Gasteiger charge is 2.22. The van der Waals surface area contributed by atoms with E-state index in [1.165, 1.54) is 21.9 Å². The van der Waals surface area contributed by atoms with Crippen LogP contribution in [0.25, 0.3) is 16.7 Å². The van der Waals surface area contributed by atoms with Crippen molar-refractivity contribution < 1.29 is 0 Å². The van der Waals surface area contributed by atoms with E-state index in [-0.39, 0.29) is 0 Å². The van der Waals surface area contributed by atoms with Crippen LogP contribution in [0.2, 0.25) is 0 Å². The third-order valence-electron chi connectivity index (χ3n) is 4.27. The van der Waals surface area contributed by atoms with Crippen LogP contribution >= 0.6 is 0 Å². The number of rotatable bonds is 0. The maximum absolute atomic E-state index is 4.86. The minimum atomic E-state index is 1.07. The molecule has 2 aromatic carbocycles. The fourth-order valence-corrected chi connectivity index (χ4v) is 3.36. The molecule has 2 nitrogen and oxygen atoms in total. The monoisotopic (exact) mass is 256 g/mol. The summed E-state index contributed by atoms with van der Waals surface area (Å²) in [7, 11) is 0. The first-order chi connectivity index (χ1) is 9.92. The summed E-state index contributed by atoms with van der Waals surface area (Å²) in [6.45, 7) is 0. The van der Waals surface area contributed by atoms with Gasteiger partial charge < -0.3 is 0 Å². The Kier molecular flexibility index (Phi) is 1.83. The Bertz CT molecular complexity index is 946. The fraction of sp³-hybridized carbons (Fsp3) is 0.111. The molecule has 0 fully saturated rings. The lowest BCUT2D eigenvalue weighted by atomic mass is 9.96. The maximum atomic E-state index is 4.86. The van der Waals surface area contributed by atoms with Crippen LogP contribution in [0.1, 0.15) is 12.8 Å². The average molecular weight is 256 g/mol. The first kappa shape index (κ1) is 10.3. The second kappa shape index (κ2) is 3.54. The lowest BCUT2D eigenvalue weighted by Crippen LogP contribution is -2.27. The normalized spacial score (nSPS) is 17.0. The minimum absolute atomic E-state index is 1.07. The summed E-state index contributed by atoms with van der Waals surface area (Å²) in [6, 6.07) is 12.7. The molecule has 2 heterocycles. The Hall–Kier alpha value is -2.48. The van der Waals surface area contributed by atoms with Gasteiger partial charge in [-0.1, -0.05) is 24.3 Å². The first-order valence-corrected chi connectivity index (χ1v) is 7.02. The van der Waals surface area contributed by atoms with Gasteiger partial charge in [-0.15, -0.1) is 0 Å². The minimum Gasteiger partial charge on any atom is -0.248 e. The second-order valence-corrected chi connectivity index (χ2v) is 5.40. The third kappa shape index (κ3) is 1.19. The zero-order chi connectivity index (χ0) is 13.1. The number of benzene rings is 2. The largest absolute Gasteiger partial charge is 0.248 e. The molecule has 2 heteroatoms. The number of fused-ring (bicyclic) bond motifs is 6. The Balaban J connectivity index is 1.94. The molecule has 3 aliphatic rings. The lowest BCUT2D eigenvalue weighted by Gasteiger charge is -2.06. The van der Waals surface area contributed by atoms with Gasteiger partial charge in [-0.25, -0.2) is 9.98 Å². The zero-order valence-corrected chi connectivity index (χ0v) is 10.9. The van der Waals surface area contributed by atoms with Crippen LogP contribution in [-0.2, 0) is 0 Å². The van der Waals surface area contributed by atoms with E-state index in [1.807, 2.05) is 6.07 Å². The number of para-hydroxylation sites is 1. The van der Waals surface area contributed by atoms with E-state index in [9.17, 15) is 0 Å². The molecule has 0 saturated carbocycles. The van der Waals surface area contributed by atoms with Crippen molar-refractivity contribution in [3.8, 4) is 11.1 Å². The number of nitrogens with zero attached hydrogens (tertiary/aromatic N) is 2. The van der Waals surface area contributed by atoms with Gasteiger partial charge in [0.15, 0.2) is 0 Å². The van der Waals surface area contributed by atoms with E-state index >= 15 is 0 Å². The Labute approximate surface area is 116 Å². The second-order valence-electron chi connectivity index (χ2n) is 5.40. The number of aliphatic imine (C=N–C) groups is 1. The molecule has 0 radical (unpaired) electrons. The van der Waals surface area contributed by atoms with Gasteiger partial charge in [0.25, 0.3) is 0 Å². The van der Waals surface area contributed by atoms with E-state index in [1.54, 1.807) is 0 Å².